The van der Waals surface area contributed by atoms with Crippen LogP contribution in [0.1, 0.15) is 26.3 Å². The van der Waals surface area contributed by atoms with E-state index < -0.39 is 0 Å². The van der Waals surface area contributed by atoms with Crippen molar-refractivity contribution in [3.8, 4) is 5.75 Å². The normalized spacial score (nSPS) is 13.4. The highest BCUT2D eigenvalue weighted by Crippen LogP contribution is 2.26. The van der Waals surface area contributed by atoms with Crippen LogP contribution < -0.4 is 10.1 Å². The highest BCUT2D eigenvalue weighted by molar-refractivity contribution is 6.31. The maximum atomic E-state index is 6.19. The average molecular weight is 272 g/mol. The van der Waals surface area contributed by atoms with Crippen molar-refractivity contribution in [2.24, 2.45) is 0 Å². The fourth-order valence-corrected chi connectivity index (χ4v) is 1.81. The maximum Gasteiger partial charge on any atom is 0.124 e. The van der Waals surface area contributed by atoms with Crippen LogP contribution in [0.4, 0.5) is 0 Å². The van der Waals surface area contributed by atoms with Gasteiger partial charge in [0.1, 0.15) is 5.75 Å². The van der Waals surface area contributed by atoms with E-state index in [2.05, 4.69) is 26.1 Å². The molecule has 18 heavy (non-hydrogen) atoms. The van der Waals surface area contributed by atoms with Gasteiger partial charge in [0, 0.05) is 30.3 Å². The summed E-state index contributed by atoms with van der Waals surface area (Å²) >= 11 is 6.19. The summed E-state index contributed by atoms with van der Waals surface area (Å²) in [5.41, 5.74) is 0.745. The Hall–Kier alpha value is -0.770. The number of methoxy groups -OCH3 is 2. The van der Waals surface area contributed by atoms with Gasteiger partial charge >= 0.3 is 0 Å². The van der Waals surface area contributed by atoms with Crippen molar-refractivity contribution in [3.63, 3.8) is 0 Å². The number of benzene rings is 1. The molecule has 0 saturated carbocycles. The topological polar surface area (TPSA) is 30.5 Å². The van der Waals surface area contributed by atoms with Crippen molar-refractivity contribution in [2.75, 3.05) is 14.2 Å². The van der Waals surface area contributed by atoms with Crippen LogP contribution in [0.25, 0.3) is 0 Å². The molecule has 0 saturated heterocycles. The van der Waals surface area contributed by atoms with E-state index in [9.17, 15) is 0 Å². The molecule has 1 rings (SSSR count). The van der Waals surface area contributed by atoms with Crippen molar-refractivity contribution in [2.45, 2.75) is 39.0 Å². The molecule has 0 aliphatic rings. The monoisotopic (exact) mass is 271 g/mol. The Labute approximate surface area is 114 Å². The molecule has 0 amide bonds. The van der Waals surface area contributed by atoms with Crippen LogP contribution in [0.3, 0.4) is 0 Å². The van der Waals surface area contributed by atoms with Gasteiger partial charge in [-0.15, -0.1) is 0 Å². The van der Waals surface area contributed by atoms with Gasteiger partial charge in [-0.3, -0.25) is 0 Å². The third-order valence-electron chi connectivity index (χ3n) is 3.45. The van der Waals surface area contributed by atoms with Crippen molar-refractivity contribution in [1.29, 1.82) is 0 Å². The molecule has 0 bridgehead atoms. The summed E-state index contributed by atoms with van der Waals surface area (Å²) < 4.78 is 10.8. The summed E-state index contributed by atoms with van der Waals surface area (Å²) in [5, 5.41) is 4.13. The van der Waals surface area contributed by atoms with Crippen LogP contribution in [0, 0.1) is 0 Å². The second-order valence-corrected chi connectivity index (χ2v) is 5.24. The fourth-order valence-electron chi connectivity index (χ4n) is 1.58. The molecule has 0 aliphatic heterocycles. The molecule has 0 aromatic heterocycles. The van der Waals surface area contributed by atoms with E-state index >= 15 is 0 Å². The van der Waals surface area contributed by atoms with Gasteiger partial charge in [-0.25, -0.2) is 0 Å². The molecule has 0 fully saturated rings. The standard InChI is InChI=1S/C14H22ClNO2/c1-10(14(2,3)18-5)16-9-11-12(15)7-6-8-13(11)17-4/h6-8,10,16H,9H2,1-5H3. The summed E-state index contributed by atoms with van der Waals surface area (Å²) in [4.78, 5) is 0. The maximum absolute atomic E-state index is 6.19. The molecule has 1 unspecified atom stereocenters. The smallest absolute Gasteiger partial charge is 0.124 e. The van der Waals surface area contributed by atoms with E-state index in [1.165, 1.54) is 0 Å². The number of nitrogens with one attached hydrogen (secondary N) is 1. The van der Waals surface area contributed by atoms with E-state index in [1.807, 2.05) is 18.2 Å². The minimum absolute atomic E-state index is 0.198. The molecule has 0 heterocycles. The molecule has 1 N–H and O–H groups in total. The molecule has 4 heteroatoms. The number of halogens is 1. The highest BCUT2D eigenvalue weighted by atomic mass is 35.5. The van der Waals surface area contributed by atoms with E-state index in [4.69, 9.17) is 21.1 Å². The first-order chi connectivity index (χ1) is 8.42. The first-order valence-electron chi connectivity index (χ1n) is 6.02. The van der Waals surface area contributed by atoms with Gasteiger partial charge in [0.25, 0.3) is 0 Å². The van der Waals surface area contributed by atoms with Crippen LogP contribution in [0.2, 0.25) is 5.02 Å². The molecule has 1 aromatic rings. The molecule has 3 nitrogen and oxygen atoms in total. The molecule has 1 aromatic carbocycles. The number of hydrogen-bond donors (Lipinski definition) is 1. The van der Waals surface area contributed by atoms with Gasteiger partial charge < -0.3 is 14.8 Å². The third kappa shape index (κ3) is 3.61. The Morgan fingerprint density at radius 3 is 2.56 bits per heavy atom. The summed E-state index contributed by atoms with van der Waals surface area (Å²) in [6.45, 7) is 6.84. The summed E-state index contributed by atoms with van der Waals surface area (Å²) in [7, 11) is 3.37. The number of rotatable bonds is 6. The zero-order valence-electron chi connectivity index (χ0n) is 11.7. The van der Waals surface area contributed by atoms with Gasteiger partial charge in [-0.2, -0.15) is 0 Å². The van der Waals surface area contributed by atoms with Gasteiger partial charge in [-0.1, -0.05) is 17.7 Å². The highest BCUT2D eigenvalue weighted by Gasteiger charge is 2.25. The van der Waals surface area contributed by atoms with Gasteiger partial charge in [0.2, 0.25) is 0 Å². The van der Waals surface area contributed by atoms with Crippen molar-refractivity contribution < 1.29 is 9.47 Å². The lowest BCUT2D eigenvalue weighted by atomic mass is 10.00. The molecular weight excluding hydrogens is 250 g/mol. The lowest BCUT2D eigenvalue weighted by Crippen LogP contribution is -2.45. The zero-order chi connectivity index (χ0) is 13.8. The van der Waals surface area contributed by atoms with Crippen molar-refractivity contribution in [1.82, 2.24) is 5.32 Å². The van der Waals surface area contributed by atoms with Crippen LogP contribution in [0.15, 0.2) is 18.2 Å². The third-order valence-corrected chi connectivity index (χ3v) is 3.80. The number of hydrogen-bond acceptors (Lipinski definition) is 3. The molecule has 0 radical (unpaired) electrons. The second kappa shape index (κ2) is 6.41. The average Bonchev–Trinajstić information content (AvgIpc) is 2.36. The minimum Gasteiger partial charge on any atom is -0.496 e. The van der Waals surface area contributed by atoms with Crippen molar-refractivity contribution in [3.05, 3.63) is 28.8 Å². The largest absolute Gasteiger partial charge is 0.496 e. The minimum atomic E-state index is -0.228. The molecule has 102 valence electrons. The van der Waals surface area contributed by atoms with Crippen LogP contribution in [-0.2, 0) is 11.3 Å². The summed E-state index contributed by atoms with van der Waals surface area (Å²) in [6.07, 6.45) is 0. The predicted molar refractivity (Wildman–Crippen MR) is 75.4 cm³/mol. The van der Waals surface area contributed by atoms with E-state index in [0.717, 1.165) is 11.3 Å². The predicted octanol–water partition coefficient (Wildman–Crippen LogP) is 3.25. The lowest BCUT2D eigenvalue weighted by molar-refractivity contribution is -0.00548. The lowest BCUT2D eigenvalue weighted by Gasteiger charge is -2.31. The Balaban J connectivity index is 2.75. The van der Waals surface area contributed by atoms with Crippen LogP contribution >= 0.6 is 11.6 Å². The Bertz CT molecular complexity index is 393. The second-order valence-electron chi connectivity index (χ2n) is 4.83. The number of ether oxygens (including phenoxy) is 2. The fraction of sp³-hybridized carbons (Fsp3) is 0.571. The van der Waals surface area contributed by atoms with Gasteiger partial charge in [0.15, 0.2) is 0 Å². The van der Waals surface area contributed by atoms with E-state index in [-0.39, 0.29) is 11.6 Å². The first-order valence-corrected chi connectivity index (χ1v) is 6.40. The SMILES string of the molecule is COc1cccc(Cl)c1CNC(C)C(C)(C)OC. The first kappa shape index (κ1) is 15.3. The van der Waals surface area contributed by atoms with E-state index in [0.29, 0.717) is 11.6 Å². The van der Waals surface area contributed by atoms with E-state index in [1.54, 1.807) is 14.2 Å². The Kier molecular flexibility index (Phi) is 5.45. The molecule has 0 aliphatic carbocycles. The summed E-state index contributed by atoms with van der Waals surface area (Å²) in [5.74, 6) is 0.803. The molecular formula is C14H22ClNO2. The zero-order valence-corrected chi connectivity index (χ0v) is 12.5. The molecule has 0 spiro atoms. The Morgan fingerprint density at radius 1 is 1.33 bits per heavy atom. The van der Waals surface area contributed by atoms with Crippen molar-refractivity contribution >= 4 is 11.6 Å². The quantitative estimate of drug-likeness (QED) is 0.862. The van der Waals surface area contributed by atoms with Gasteiger partial charge in [0.05, 0.1) is 12.7 Å². The van der Waals surface area contributed by atoms with Crippen LogP contribution in [-0.4, -0.2) is 25.9 Å². The Morgan fingerprint density at radius 2 is 2.00 bits per heavy atom. The molecule has 1 atom stereocenters. The summed E-state index contributed by atoms with van der Waals surface area (Å²) in [6, 6.07) is 5.86. The van der Waals surface area contributed by atoms with Gasteiger partial charge in [-0.05, 0) is 32.9 Å². The van der Waals surface area contributed by atoms with Crippen LogP contribution in [0.5, 0.6) is 5.75 Å².